The summed E-state index contributed by atoms with van der Waals surface area (Å²) in [5.74, 6) is -0.576. The number of imide groups is 1. The lowest BCUT2D eigenvalue weighted by Gasteiger charge is -2.39. The van der Waals surface area contributed by atoms with Crippen molar-refractivity contribution in [2.45, 2.75) is 32.2 Å². The molecule has 3 aliphatic rings. The van der Waals surface area contributed by atoms with Gasteiger partial charge in [0.1, 0.15) is 13.2 Å². The van der Waals surface area contributed by atoms with E-state index in [0.29, 0.717) is 18.9 Å². The predicted molar refractivity (Wildman–Crippen MR) is 110 cm³/mol. The molecule has 0 spiro atoms. The van der Waals surface area contributed by atoms with Gasteiger partial charge in [-0.1, -0.05) is 30.3 Å². The van der Waals surface area contributed by atoms with E-state index >= 15 is 0 Å². The standard InChI is InChI=1S/C21H25N5O5/c1-14-11-25-17-18(22-20(25)24(14)9-6-10-27)23(2)21(30)26(19(17)29)12-16(28)31-13-15-7-4-3-5-8-15/h3-5,7-8,11,17-18,27H,6,9-10,12-13H2,1-2H3. The third-order valence-electron chi connectivity index (χ3n) is 5.57. The third-order valence-corrected chi connectivity index (χ3v) is 5.57. The Morgan fingerprint density at radius 1 is 1.19 bits per heavy atom. The van der Waals surface area contributed by atoms with E-state index in [-0.39, 0.29) is 13.2 Å². The number of likely N-dealkylation sites (N-methyl/N-ethyl adjacent to an activating group) is 1. The van der Waals surface area contributed by atoms with Crippen LogP contribution in [0.1, 0.15) is 18.9 Å². The van der Waals surface area contributed by atoms with E-state index in [4.69, 9.17) is 9.84 Å². The van der Waals surface area contributed by atoms with Crippen molar-refractivity contribution in [1.29, 1.82) is 0 Å². The zero-order valence-corrected chi connectivity index (χ0v) is 17.5. The fraction of sp³-hybridized carbons (Fsp3) is 0.429. The van der Waals surface area contributed by atoms with Crippen LogP contribution in [0.15, 0.2) is 47.2 Å². The van der Waals surface area contributed by atoms with E-state index in [1.165, 1.54) is 4.90 Å². The Labute approximate surface area is 180 Å². The lowest BCUT2D eigenvalue weighted by Crippen LogP contribution is -2.65. The van der Waals surface area contributed by atoms with Crippen LogP contribution in [0.25, 0.3) is 0 Å². The SMILES string of the molecule is CC1=CN2C(=NC3C2C(=O)N(CC(=O)OCc2ccccc2)C(=O)N3C)N1CCCO. The van der Waals surface area contributed by atoms with Gasteiger partial charge in [0.2, 0.25) is 5.96 Å². The molecule has 10 nitrogen and oxygen atoms in total. The monoisotopic (exact) mass is 427 g/mol. The van der Waals surface area contributed by atoms with Gasteiger partial charge < -0.3 is 24.5 Å². The van der Waals surface area contributed by atoms with Gasteiger partial charge >= 0.3 is 12.0 Å². The van der Waals surface area contributed by atoms with Crippen LogP contribution in [0, 0.1) is 0 Å². The summed E-state index contributed by atoms with van der Waals surface area (Å²) in [6.07, 6.45) is 1.69. The molecule has 3 heterocycles. The van der Waals surface area contributed by atoms with Crippen LogP contribution < -0.4 is 0 Å². The fourth-order valence-electron chi connectivity index (χ4n) is 3.97. The average Bonchev–Trinajstić information content (AvgIpc) is 3.28. The Morgan fingerprint density at radius 3 is 2.65 bits per heavy atom. The number of allylic oxidation sites excluding steroid dienone is 1. The number of ether oxygens (including phenoxy) is 1. The molecule has 1 saturated heterocycles. The summed E-state index contributed by atoms with van der Waals surface area (Å²) in [7, 11) is 1.57. The Hall–Kier alpha value is -3.40. The summed E-state index contributed by atoms with van der Waals surface area (Å²) in [6, 6.07) is 7.85. The van der Waals surface area contributed by atoms with E-state index in [9.17, 15) is 14.4 Å². The van der Waals surface area contributed by atoms with Gasteiger partial charge in [0, 0.05) is 32.1 Å². The highest BCUT2D eigenvalue weighted by atomic mass is 16.5. The quantitative estimate of drug-likeness (QED) is 0.634. The molecule has 1 fully saturated rings. The fourth-order valence-corrected chi connectivity index (χ4v) is 3.97. The van der Waals surface area contributed by atoms with Gasteiger partial charge in [0.25, 0.3) is 5.91 Å². The highest BCUT2D eigenvalue weighted by Gasteiger charge is 2.54. The number of hydrogen-bond acceptors (Lipinski definition) is 8. The number of carbonyl (C=O) groups excluding carboxylic acids is 3. The van der Waals surface area contributed by atoms with Crippen molar-refractivity contribution in [3.05, 3.63) is 47.8 Å². The molecule has 10 heteroatoms. The first-order chi connectivity index (χ1) is 14.9. The van der Waals surface area contributed by atoms with Crippen LogP contribution >= 0.6 is 0 Å². The maximum Gasteiger partial charge on any atom is 0.328 e. The number of carbonyl (C=O) groups is 3. The van der Waals surface area contributed by atoms with Crippen molar-refractivity contribution in [1.82, 2.24) is 19.6 Å². The number of esters is 1. The Balaban J connectivity index is 1.47. The number of hydrogen-bond donors (Lipinski definition) is 1. The second-order valence-electron chi connectivity index (χ2n) is 7.66. The Kier molecular flexibility index (Phi) is 5.64. The van der Waals surface area contributed by atoms with Crippen LogP contribution in [0.5, 0.6) is 0 Å². The van der Waals surface area contributed by atoms with Gasteiger partial charge in [-0.3, -0.25) is 14.5 Å². The number of rotatable bonds is 7. The van der Waals surface area contributed by atoms with E-state index in [0.717, 1.165) is 16.2 Å². The molecule has 3 amide bonds. The molecule has 164 valence electrons. The number of guanidine groups is 1. The van der Waals surface area contributed by atoms with Gasteiger partial charge in [0.05, 0.1) is 0 Å². The smallest absolute Gasteiger partial charge is 0.328 e. The van der Waals surface area contributed by atoms with Crippen LogP contribution in [0.3, 0.4) is 0 Å². The first kappa shape index (κ1) is 20.9. The normalized spacial score (nSPS) is 22.4. The molecule has 0 bridgehead atoms. The maximum atomic E-state index is 13.2. The van der Waals surface area contributed by atoms with Crippen LogP contribution in [0.4, 0.5) is 4.79 Å². The number of nitrogens with zero attached hydrogens (tertiary/aromatic N) is 5. The minimum Gasteiger partial charge on any atom is -0.459 e. The number of benzene rings is 1. The molecular formula is C21H25N5O5. The van der Waals surface area contributed by atoms with Gasteiger partial charge in [-0.25, -0.2) is 9.79 Å². The zero-order valence-electron chi connectivity index (χ0n) is 17.5. The van der Waals surface area contributed by atoms with Gasteiger partial charge in [0.15, 0.2) is 12.2 Å². The summed E-state index contributed by atoms with van der Waals surface area (Å²) in [5.41, 5.74) is 1.71. The maximum absolute atomic E-state index is 13.2. The van der Waals surface area contributed by atoms with Crippen molar-refractivity contribution in [2.24, 2.45) is 4.99 Å². The summed E-state index contributed by atoms with van der Waals surface area (Å²) in [6.45, 7) is 2.10. The molecule has 4 rings (SSSR count). The first-order valence-corrected chi connectivity index (χ1v) is 10.1. The number of amides is 3. The number of fused-ring (bicyclic) bond motifs is 3. The Morgan fingerprint density at radius 2 is 1.94 bits per heavy atom. The lowest BCUT2D eigenvalue weighted by atomic mass is 10.1. The molecule has 1 N–H and O–H groups in total. The molecule has 2 unspecified atom stereocenters. The van der Waals surface area contributed by atoms with Crippen LogP contribution in [-0.4, -0.2) is 87.5 Å². The van der Waals surface area contributed by atoms with Crippen molar-refractivity contribution in [3.8, 4) is 0 Å². The van der Waals surface area contributed by atoms with Crippen molar-refractivity contribution in [3.63, 3.8) is 0 Å². The van der Waals surface area contributed by atoms with E-state index in [1.807, 2.05) is 48.4 Å². The summed E-state index contributed by atoms with van der Waals surface area (Å²) >= 11 is 0. The second-order valence-corrected chi connectivity index (χ2v) is 7.66. The third kappa shape index (κ3) is 3.74. The molecular weight excluding hydrogens is 402 g/mol. The molecule has 3 aliphatic heterocycles. The van der Waals surface area contributed by atoms with Gasteiger partial charge in [-0.05, 0) is 18.9 Å². The van der Waals surface area contributed by atoms with E-state index < -0.39 is 36.7 Å². The lowest BCUT2D eigenvalue weighted by molar-refractivity contribution is -0.151. The summed E-state index contributed by atoms with van der Waals surface area (Å²) in [4.78, 5) is 48.9. The Bertz CT molecular complexity index is 947. The minimum absolute atomic E-state index is 0.0418. The number of aliphatic imine (C=N–C) groups is 1. The highest BCUT2D eigenvalue weighted by molar-refractivity contribution is 6.06. The van der Waals surface area contributed by atoms with Gasteiger partial charge in [-0.2, -0.15) is 0 Å². The molecule has 1 aromatic rings. The molecule has 0 aromatic heterocycles. The molecule has 31 heavy (non-hydrogen) atoms. The molecule has 2 atom stereocenters. The predicted octanol–water partition coefficient (Wildman–Crippen LogP) is 0.549. The van der Waals surface area contributed by atoms with Crippen LogP contribution in [0.2, 0.25) is 0 Å². The highest BCUT2D eigenvalue weighted by Crippen LogP contribution is 2.33. The molecule has 0 radical (unpaired) electrons. The minimum atomic E-state index is -0.742. The van der Waals surface area contributed by atoms with Crippen LogP contribution in [-0.2, 0) is 20.9 Å². The molecule has 0 saturated carbocycles. The molecule has 1 aromatic carbocycles. The number of aliphatic hydroxyl groups is 1. The largest absolute Gasteiger partial charge is 0.459 e. The number of aliphatic hydroxyl groups excluding tert-OH is 1. The molecule has 0 aliphatic carbocycles. The van der Waals surface area contributed by atoms with Crippen molar-refractivity contribution in [2.75, 3.05) is 26.7 Å². The second kappa shape index (κ2) is 8.38. The zero-order chi connectivity index (χ0) is 22.1. The summed E-state index contributed by atoms with van der Waals surface area (Å²) in [5, 5.41) is 9.16. The first-order valence-electron chi connectivity index (χ1n) is 10.1. The number of urea groups is 1. The van der Waals surface area contributed by atoms with Gasteiger partial charge in [-0.15, -0.1) is 0 Å². The van der Waals surface area contributed by atoms with Crippen molar-refractivity contribution < 1.29 is 24.2 Å². The van der Waals surface area contributed by atoms with E-state index in [2.05, 4.69) is 4.99 Å². The topological polar surface area (TPSA) is 106 Å². The summed E-state index contributed by atoms with van der Waals surface area (Å²) < 4.78 is 5.25. The van der Waals surface area contributed by atoms with E-state index in [1.54, 1.807) is 11.9 Å². The average molecular weight is 427 g/mol. The van der Waals surface area contributed by atoms with Crippen molar-refractivity contribution >= 4 is 23.9 Å².